The Balaban J connectivity index is 2.30. The Morgan fingerprint density at radius 2 is 1.94 bits per heavy atom. The predicted octanol–water partition coefficient (Wildman–Crippen LogP) is 3.17. The summed E-state index contributed by atoms with van der Waals surface area (Å²) in [5, 5.41) is 10.2. The Hall–Kier alpha value is -1.87. The van der Waals surface area contributed by atoms with Gasteiger partial charge in [0, 0.05) is 29.9 Å². The maximum Gasteiger partial charge on any atom is 0.167 e. The maximum absolute atomic E-state index is 12.0. The van der Waals surface area contributed by atoms with Gasteiger partial charge >= 0.3 is 0 Å². The average Bonchev–Trinajstić information content (AvgIpc) is 2.40. The van der Waals surface area contributed by atoms with Crippen molar-refractivity contribution in [2.45, 2.75) is 13.3 Å². The topological polar surface area (TPSA) is 50.2 Å². The average molecular weight is 262 g/mol. The van der Waals surface area contributed by atoms with E-state index in [-0.39, 0.29) is 18.0 Å². The molecule has 0 aliphatic carbocycles. The molecule has 3 nitrogen and oxygen atoms in total. The van der Waals surface area contributed by atoms with Crippen molar-refractivity contribution in [1.82, 2.24) is 4.98 Å². The largest absolute Gasteiger partial charge is 0.508 e. The highest BCUT2D eigenvalue weighted by atomic mass is 35.5. The van der Waals surface area contributed by atoms with Gasteiger partial charge in [0.05, 0.1) is 5.02 Å². The Kier molecular flexibility index (Phi) is 3.63. The molecule has 92 valence electrons. The summed E-state index contributed by atoms with van der Waals surface area (Å²) in [6.45, 7) is 1.84. The van der Waals surface area contributed by atoms with Crippen molar-refractivity contribution in [3.8, 4) is 5.75 Å². The van der Waals surface area contributed by atoms with Crippen LogP contribution in [0.1, 0.15) is 21.5 Å². The summed E-state index contributed by atoms with van der Waals surface area (Å²) in [5.74, 6) is -0.0480. The maximum atomic E-state index is 12.0. The van der Waals surface area contributed by atoms with Gasteiger partial charge in [0.1, 0.15) is 5.75 Å². The molecular weight excluding hydrogens is 250 g/mol. The first-order chi connectivity index (χ1) is 8.59. The molecule has 0 saturated carbocycles. The zero-order valence-electron chi connectivity index (χ0n) is 9.85. The lowest BCUT2D eigenvalue weighted by molar-refractivity contribution is 0.0992. The molecule has 18 heavy (non-hydrogen) atoms. The third-order valence-corrected chi connectivity index (χ3v) is 3.28. The van der Waals surface area contributed by atoms with Crippen molar-refractivity contribution in [3.05, 3.63) is 58.4 Å². The SMILES string of the molecule is Cc1ccc(O)c(CC(=O)c2ccncc2)c1Cl. The van der Waals surface area contributed by atoms with E-state index in [4.69, 9.17) is 11.6 Å². The standard InChI is InChI=1S/C14H12ClNO2/c1-9-2-3-12(17)11(14(9)15)8-13(18)10-4-6-16-7-5-10/h2-7,17H,8H2,1H3. The van der Waals surface area contributed by atoms with Gasteiger partial charge in [-0.1, -0.05) is 17.7 Å². The molecular formula is C14H12ClNO2. The van der Waals surface area contributed by atoms with Crippen LogP contribution in [0.15, 0.2) is 36.7 Å². The highest BCUT2D eigenvalue weighted by Gasteiger charge is 2.14. The highest BCUT2D eigenvalue weighted by Crippen LogP contribution is 2.29. The second-order valence-electron chi connectivity index (χ2n) is 4.03. The number of Topliss-reactive ketones (excluding diaryl/α,β-unsaturated/α-hetero) is 1. The first-order valence-electron chi connectivity index (χ1n) is 5.49. The summed E-state index contributed by atoms with van der Waals surface area (Å²) >= 11 is 6.11. The molecule has 0 aliphatic rings. The zero-order chi connectivity index (χ0) is 13.1. The molecule has 0 bridgehead atoms. The molecule has 0 atom stereocenters. The van der Waals surface area contributed by atoms with E-state index >= 15 is 0 Å². The first-order valence-corrected chi connectivity index (χ1v) is 5.87. The third kappa shape index (κ3) is 2.51. The number of aromatic nitrogens is 1. The number of aromatic hydroxyl groups is 1. The molecule has 0 radical (unpaired) electrons. The molecule has 2 rings (SSSR count). The van der Waals surface area contributed by atoms with Gasteiger partial charge in [-0.15, -0.1) is 0 Å². The lowest BCUT2D eigenvalue weighted by atomic mass is 10.0. The van der Waals surface area contributed by atoms with E-state index in [1.165, 1.54) is 0 Å². The van der Waals surface area contributed by atoms with Crippen molar-refractivity contribution in [1.29, 1.82) is 0 Å². The number of aryl methyl sites for hydroxylation is 1. The molecule has 0 saturated heterocycles. The van der Waals surface area contributed by atoms with E-state index in [9.17, 15) is 9.90 Å². The van der Waals surface area contributed by atoms with Crippen LogP contribution in [0, 0.1) is 6.92 Å². The van der Waals surface area contributed by atoms with Crippen LogP contribution in [0.4, 0.5) is 0 Å². The molecule has 0 aliphatic heterocycles. The monoisotopic (exact) mass is 261 g/mol. The fourth-order valence-corrected chi connectivity index (χ4v) is 1.92. The van der Waals surface area contributed by atoms with Gasteiger partial charge in [0.2, 0.25) is 0 Å². The molecule has 1 aromatic heterocycles. The number of rotatable bonds is 3. The van der Waals surface area contributed by atoms with Gasteiger partial charge in [-0.05, 0) is 30.7 Å². The van der Waals surface area contributed by atoms with E-state index < -0.39 is 0 Å². The van der Waals surface area contributed by atoms with Crippen LogP contribution in [-0.4, -0.2) is 15.9 Å². The van der Waals surface area contributed by atoms with Gasteiger partial charge in [-0.2, -0.15) is 0 Å². The van der Waals surface area contributed by atoms with E-state index in [0.29, 0.717) is 16.1 Å². The summed E-state index contributed by atoms with van der Waals surface area (Å²) in [4.78, 5) is 15.9. The van der Waals surface area contributed by atoms with Crippen molar-refractivity contribution in [2.24, 2.45) is 0 Å². The van der Waals surface area contributed by atoms with Crippen molar-refractivity contribution in [2.75, 3.05) is 0 Å². The highest BCUT2D eigenvalue weighted by molar-refractivity contribution is 6.32. The fraction of sp³-hybridized carbons (Fsp3) is 0.143. The summed E-state index contributed by atoms with van der Waals surface area (Å²) in [5.41, 5.74) is 1.87. The normalized spacial score (nSPS) is 10.3. The molecule has 1 heterocycles. The van der Waals surface area contributed by atoms with Crippen LogP contribution < -0.4 is 0 Å². The lowest BCUT2D eigenvalue weighted by Gasteiger charge is -2.08. The first kappa shape index (κ1) is 12.6. The molecule has 0 amide bonds. The summed E-state index contributed by atoms with van der Waals surface area (Å²) in [6.07, 6.45) is 3.20. The van der Waals surface area contributed by atoms with Crippen LogP contribution in [0.5, 0.6) is 5.75 Å². The molecule has 2 aromatic rings. The van der Waals surface area contributed by atoms with Crippen molar-refractivity contribution < 1.29 is 9.90 Å². The smallest absolute Gasteiger partial charge is 0.167 e. The van der Waals surface area contributed by atoms with Crippen molar-refractivity contribution >= 4 is 17.4 Å². The quantitative estimate of drug-likeness (QED) is 0.864. The zero-order valence-corrected chi connectivity index (χ0v) is 10.6. The second-order valence-corrected chi connectivity index (χ2v) is 4.41. The number of phenolic OH excluding ortho intramolecular Hbond substituents is 1. The molecule has 4 heteroatoms. The van der Waals surface area contributed by atoms with Gasteiger partial charge in [0.15, 0.2) is 5.78 Å². The van der Waals surface area contributed by atoms with E-state index in [0.717, 1.165) is 5.56 Å². The minimum atomic E-state index is -0.0970. The summed E-state index contributed by atoms with van der Waals surface area (Å²) in [7, 11) is 0. The Morgan fingerprint density at radius 3 is 2.61 bits per heavy atom. The minimum absolute atomic E-state index is 0.0491. The number of benzene rings is 1. The van der Waals surface area contributed by atoms with Gasteiger partial charge in [-0.25, -0.2) is 0 Å². The number of ketones is 1. The summed E-state index contributed by atoms with van der Waals surface area (Å²) in [6, 6.07) is 6.56. The van der Waals surface area contributed by atoms with Crippen LogP contribution in [0.3, 0.4) is 0 Å². The van der Waals surface area contributed by atoms with E-state index in [2.05, 4.69) is 4.98 Å². The second kappa shape index (κ2) is 5.19. The molecule has 1 N–H and O–H groups in total. The number of halogens is 1. The third-order valence-electron chi connectivity index (χ3n) is 2.75. The van der Waals surface area contributed by atoms with Crippen molar-refractivity contribution in [3.63, 3.8) is 0 Å². The number of hydrogen-bond donors (Lipinski definition) is 1. The van der Waals surface area contributed by atoms with Gasteiger partial charge in [0.25, 0.3) is 0 Å². The molecule has 0 fully saturated rings. The van der Waals surface area contributed by atoms with Gasteiger partial charge < -0.3 is 5.11 Å². The number of carbonyl (C=O) groups excluding carboxylic acids is 1. The Labute approximate surface area is 110 Å². The molecule has 0 unspecified atom stereocenters. The minimum Gasteiger partial charge on any atom is -0.508 e. The molecule has 1 aromatic carbocycles. The van der Waals surface area contributed by atoms with Crippen LogP contribution in [0.2, 0.25) is 5.02 Å². The summed E-state index contributed by atoms with van der Waals surface area (Å²) < 4.78 is 0. The number of hydrogen-bond acceptors (Lipinski definition) is 3. The number of carbonyl (C=O) groups is 1. The molecule has 0 spiro atoms. The fourth-order valence-electron chi connectivity index (χ4n) is 1.70. The van der Waals surface area contributed by atoms with E-state index in [1.807, 2.05) is 6.92 Å². The van der Waals surface area contributed by atoms with Gasteiger partial charge in [-0.3, -0.25) is 9.78 Å². The number of nitrogens with zero attached hydrogens (tertiary/aromatic N) is 1. The Morgan fingerprint density at radius 1 is 1.28 bits per heavy atom. The van der Waals surface area contributed by atoms with Crippen LogP contribution >= 0.6 is 11.6 Å². The van der Waals surface area contributed by atoms with E-state index in [1.54, 1.807) is 36.7 Å². The van der Waals surface area contributed by atoms with Crippen LogP contribution in [-0.2, 0) is 6.42 Å². The Bertz CT molecular complexity index is 582. The number of phenols is 1. The number of pyridine rings is 1. The van der Waals surface area contributed by atoms with Crippen LogP contribution in [0.25, 0.3) is 0 Å². The predicted molar refractivity (Wildman–Crippen MR) is 70.1 cm³/mol. The lowest BCUT2D eigenvalue weighted by Crippen LogP contribution is -2.04.